The number of nitrogens with one attached hydrogen (secondary N) is 2. The number of anilines is 3. The number of nitrogens with zero attached hydrogens (tertiary/aromatic N) is 1. The maximum Gasteiger partial charge on any atom is 0.337 e. The Bertz CT molecular complexity index is 1050. The molecule has 148 valence electrons. The van der Waals surface area contributed by atoms with Crippen molar-refractivity contribution in [2.45, 2.75) is 20.3 Å². The Hall–Kier alpha value is -3.67. The quantitative estimate of drug-likeness (QED) is 0.596. The zero-order valence-electron chi connectivity index (χ0n) is 16.7. The van der Waals surface area contributed by atoms with Crippen LogP contribution in [0.2, 0.25) is 0 Å². The van der Waals surface area contributed by atoms with Gasteiger partial charge in [0, 0.05) is 23.3 Å². The van der Waals surface area contributed by atoms with Crippen molar-refractivity contribution in [3.8, 4) is 0 Å². The van der Waals surface area contributed by atoms with Crippen LogP contribution in [0.25, 0.3) is 0 Å². The predicted octanol–water partition coefficient (Wildman–Crippen LogP) is 4.73. The van der Waals surface area contributed by atoms with E-state index in [0.29, 0.717) is 11.3 Å². The molecule has 0 bridgehead atoms. The Morgan fingerprint density at radius 3 is 2.59 bits per heavy atom. The van der Waals surface area contributed by atoms with Gasteiger partial charge in [0.1, 0.15) is 5.69 Å². The third-order valence-corrected chi connectivity index (χ3v) is 4.54. The van der Waals surface area contributed by atoms with Crippen LogP contribution in [0.1, 0.15) is 38.9 Å². The van der Waals surface area contributed by atoms with E-state index >= 15 is 0 Å². The summed E-state index contributed by atoms with van der Waals surface area (Å²) in [6.07, 6.45) is 2.49. The van der Waals surface area contributed by atoms with E-state index in [1.807, 2.05) is 25.1 Å². The number of aromatic nitrogens is 1. The molecule has 0 saturated heterocycles. The lowest BCUT2D eigenvalue weighted by Crippen LogP contribution is -2.14. The van der Waals surface area contributed by atoms with Crippen LogP contribution in [0.4, 0.5) is 17.1 Å². The molecule has 1 aromatic heterocycles. The molecular weight excluding hydrogens is 366 g/mol. The monoisotopic (exact) mass is 389 g/mol. The maximum absolute atomic E-state index is 12.6. The molecule has 0 fully saturated rings. The van der Waals surface area contributed by atoms with Crippen LogP contribution >= 0.6 is 0 Å². The first-order valence-electron chi connectivity index (χ1n) is 9.33. The van der Waals surface area contributed by atoms with E-state index in [2.05, 4.69) is 28.6 Å². The Balaban J connectivity index is 1.79. The number of para-hydroxylation sites is 1. The molecule has 2 aromatic carbocycles. The lowest BCUT2D eigenvalue weighted by atomic mass is 10.1. The summed E-state index contributed by atoms with van der Waals surface area (Å²) in [7, 11) is 1.31. The molecule has 0 aliphatic carbocycles. The van der Waals surface area contributed by atoms with E-state index in [-0.39, 0.29) is 11.6 Å². The molecule has 6 heteroatoms. The third-order valence-electron chi connectivity index (χ3n) is 4.54. The predicted molar refractivity (Wildman–Crippen MR) is 114 cm³/mol. The van der Waals surface area contributed by atoms with Crippen LogP contribution in [-0.2, 0) is 11.2 Å². The molecule has 0 spiro atoms. The number of carbonyl (C=O) groups is 2. The van der Waals surface area contributed by atoms with Crippen molar-refractivity contribution in [3.63, 3.8) is 0 Å². The normalized spacial score (nSPS) is 10.3. The highest BCUT2D eigenvalue weighted by molar-refractivity contribution is 6.04. The summed E-state index contributed by atoms with van der Waals surface area (Å²) in [5, 5.41) is 6.17. The van der Waals surface area contributed by atoms with Gasteiger partial charge in [0.2, 0.25) is 0 Å². The van der Waals surface area contributed by atoms with Gasteiger partial charge in [-0.2, -0.15) is 0 Å². The minimum Gasteiger partial charge on any atom is -0.465 e. The average Bonchev–Trinajstić information content (AvgIpc) is 2.75. The van der Waals surface area contributed by atoms with Crippen LogP contribution in [0.3, 0.4) is 0 Å². The van der Waals surface area contributed by atoms with Gasteiger partial charge >= 0.3 is 5.97 Å². The molecule has 29 heavy (non-hydrogen) atoms. The van der Waals surface area contributed by atoms with Crippen molar-refractivity contribution in [2.24, 2.45) is 0 Å². The van der Waals surface area contributed by atoms with Gasteiger partial charge in [-0.1, -0.05) is 31.2 Å². The second kappa shape index (κ2) is 9.01. The summed E-state index contributed by atoms with van der Waals surface area (Å²) in [6.45, 7) is 4.15. The van der Waals surface area contributed by atoms with Crippen LogP contribution in [-0.4, -0.2) is 24.0 Å². The summed E-state index contributed by atoms with van der Waals surface area (Å²) < 4.78 is 4.71. The lowest BCUT2D eigenvalue weighted by Gasteiger charge is -2.14. The van der Waals surface area contributed by atoms with E-state index < -0.39 is 5.97 Å². The van der Waals surface area contributed by atoms with E-state index in [0.717, 1.165) is 23.4 Å². The van der Waals surface area contributed by atoms with Gasteiger partial charge in [-0.25, -0.2) is 4.79 Å². The summed E-state index contributed by atoms with van der Waals surface area (Å²) in [4.78, 5) is 28.5. The molecule has 0 radical (unpaired) electrons. The van der Waals surface area contributed by atoms with Crippen molar-refractivity contribution in [1.82, 2.24) is 4.98 Å². The molecule has 1 amide bonds. The number of esters is 1. The molecule has 0 unspecified atom stereocenters. The number of aryl methyl sites for hydroxylation is 2. The number of hydrogen-bond donors (Lipinski definition) is 2. The van der Waals surface area contributed by atoms with Crippen molar-refractivity contribution >= 4 is 28.9 Å². The van der Waals surface area contributed by atoms with E-state index in [4.69, 9.17) is 4.74 Å². The first-order valence-corrected chi connectivity index (χ1v) is 9.33. The smallest absolute Gasteiger partial charge is 0.337 e. The van der Waals surface area contributed by atoms with Crippen LogP contribution in [0.15, 0.2) is 60.8 Å². The van der Waals surface area contributed by atoms with Crippen LogP contribution < -0.4 is 10.6 Å². The summed E-state index contributed by atoms with van der Waals surface area (Å²) in [5.74, 6) is -0.827. The fourth-order valence-electron chi connectivity index (χ4n) is 3.02. The third kappa shape index (κ3) is 4.79. The van der Waals surface area contributed by atoms with Gasteiger partial charge in [-0.3, -0.25) is 9.78 Å². The number of rotatable bonds is 6. The number of benzene rings is 2. The number of pyridine rings is 1. The Labute approximate surface area is 169 Å². The van der Waals surface area contributed by atoms with Gasteiger partial charge in [-0.15, -0.1) is 0 Å². The maximum atomic E-state index is 12.6. The minimum absolute atomic E-state index is 0.269. The van der Waals surface area contributed by atoms with E-state index in [1.165, 1.54) is 12.7 Å². The Kier molecular flexibility index (Phi) is 6.24. The lowest BCUT2D eigenvalue weighted by molar-refractivity contribution is 0.0600. The number of amides is 1. The van der Waals surface area contributed by atoms with Gasteiger partial charge in [0.25, 0.3) is 5.91 Å². The van der Waals surface area contributed by atoms with Crippen molar-refractivity contribution < 1.29 is 14.3 Å². The number of hydrogen-bond acceptors (Lipinski definition) is 5. The van der Waals surface area contributed by atoms with Gasteiger partial charge in [0.15, 0.2) is 0 Å². The molecule has 0 aliphatic rings. The summed E-state index contributed by atoms with van der Waals surface area (Å²) in [6, 6.07) is 16.2. The fraction of sp³-hybridized carbons (Fsp3) is 0.174. The highest BCUT2D eigenvalue weighted by atomic mass is 16.5. The summed E-state index contributed by atoms with van der Waals surface area (Å²) in [5.41, 5.74) is 5.27. The molecule has 3 aromatic rings. The van der Waals surface area contributed by atoms with Crippen molar-refractivity contribution in [1.29, 1.82) is 0 Å². The molecule has 3 rings (SSSR count). The number of carbonyl (C=O) groups excluding carboxylic acids is 2. The average molecular weight is 389 g/mol. The second-order valence-corrected chi connectivity index (χ2v) is 6.54. The fourth-order valence-corrected chi connectivity index (χ4v) is 3.02. The van der Waals surface area contributed by atoms with E-state index in [9.17, 15) is 9.59 Å². The molecule has 6 nitrogen and oxygen atoms in total. The number of methoxy groups -OCH3 is 1. The zero-order chi connectivity index (χ0) is 20.8. The second-order valence-electron chi connectivity index (χ2n) is 6.54. The van der Waals surface area contributed by atoms with Crippen LogP contribution in [0, 0.1) is 6.92 Å². The largest absolute Gasteiger partial charge is 0.465 e. The van der Waals surface area contributed by atoms with Crippen molar-refractivity contribution in [2.75, 3.05) is 17.7 Å². The topological polar surface area (TPSA) is 80.3 Å². The van der Waals surface area contributed by atoms with Gasteiger partial charge in [0.05, 0.1) is 12.7 Å². The Morgan fingerprint density at radius 1 is 1.03 bits per heavy atom. The molecular formula is C23H23N3O3. The van der Waals surface area contributed by atoms with Gasteiger partial charge in [-0.05, 0) is 54.8 Å². The van der Waals surface area contributed by atoms with Crippen LogP contribution in [0.5, 0.6) is 0 Å². The molecule has 1 heterocycles. The molecule has 2 N–H and O–H groups in total. The first kappa shape index (κ1) is 20.1. The first-order chi connectivity index (χ1) is 14.0. The van der Waals surface area contributed by atoms with Crippen molar-refractivity contribution in [3.05, 3.63) is 83.2 Å². The minimum atomic E-state index is -0.463. The highest BCUT2D eigenvalue weighted by Crippen LogP contribution is 2.25. The van der Waals surface area contributed by atoms with E-state index in [1.54, 1.807) is 36.5 Å². The zero-order valence-corrected chi connectivity index (χ0v) is 16.7. The molecule has 0 atom stereocenters. The summed E-state index contributed by atoms with van der Waals surface area (Å²) >= 11 is 0. The molecule has 0 aliphatic heterocycles. The SMILES string of the molecule is CCc1cccc(C)c1Nc1ccnc(C(=O)Nc2cccc(C(=O)OC)c2)c1. The number of ether oxygens (including phenoxy) is 1. The highest BCUT2D eigenvalue weighted by Gasteiger charge is 2.12. The Morgan fingerprint density at radius 2 is 1.83 bits per heavy atom. The van der Waals surface area contributed by atoms with Gasteiger partial charge < -0.3 is 15.4 Å². The molecule has 0 saturated carbocycles. The standard InChI is InChI=1S/C23H23N3O3/c1-4-16-8-5-7-15(2)21(16)25-19-11-12-24-20(14-19)22(27)26-18-10-6-9-17(13-18)23(28)29-3/h5-14H,4H2,1-3H3,(H,24,25)(H,26,27).